The molecule has 9 nitrogen and oxygen atoms in total. The Morgan fingerprint density at radius 1 is 1.28 bits per heavy atom. The highest BCUT2D eigenvalue weighted by Crippen LogP contribution is 2.47. The molecule has 0 bridgehead atoms. The highest BCUT2D eigenvalue weighted by atomic mass is 32.1. The number of ether oxygens (including phenoxy) is 1. The topological polar surface area (TPSA) is 127 Å². The lowest BCUT2D eigenvalue weighted by atomic mass is 9.66. The first-order chi connectivity index (χ1) is 15.5. The quantitative estimate of drug-likeness (QED) is 0.526. The van der Waals surface area contributed by atoms with Gasteiger partial charge < -0.3 is 10.1 Å². The number of Topliss-reactive ketones (excluding diaryl/α,β-unsaturated/α-hetero) is 1. The molecule has 3 aromatic rings. The average Bonchev–Trinajstić information content (AvgIpc) is 3.42. The summed E-state index contributed by atoms with van der Waals surface area (Å²) in [6.07, 6.45) is 1.99. The summed E-state index contributed by atoms with van der Waals surface area (Å²) in [7, 11) is 0. The number of esters is 1. The van der Waals surface area contributed by atoms with Crippen LogP contribution in [0.3, 0.4) is 0 Å². The monoisotopic (exact) mass is 453 g/mol. The molecule has 2 heterocycles. The van der Waals surface area contributed by atoms with Crippen molar-refractivity contribution >= 4 is 34.0 Å². The lowest BCUT2D eigenvalue weighted by Crippen LogP contribution is -2.40. The summed E-state index contributed by atoms with van der Waals surface area (Å²) in [6, 6.07) is 9.64. The second kappa shape index (κ2) is 8.99. The Morgan fingerprint density at radius 2 is 2.06 bits per heavy atom. The predicted molar refractivity (Wildman–Crippen MR) is 118 cm³/mol. The number of carbonyl (C=O) groups is 3. The van der Waals surface area contributed by atoms with Crippen molar-refractivity contribution in [3.63, 3.8) is 0 Å². The van der Waals surface area contributed by atoms with E-state index in [9.17, 15) is 14.4 Å². The van der Waals surface area contributed by atoms with Gasteiger partial charge in [-0.3, -0.25) is 9.59 Å². The molecule has 2 N–H and O–H groups in total. The Bertz CT molecular complexity index is 1140. The van der Waals surface area contributed by atoms with E-state index < -0.39 is 11.4 Å². The van der Waals surface area contributed by atoms with E-state index in [0.29, 0.717) is 46.9 Å². The average molecular weight is 454 g/mol. The number of aryl methyl sites for hydroxylation is 1. The third-order valence-electron chi connectivity index (χ3n) is 5.71. The van der Waals surface area contributed by atoms with Gasteiger partial charge in [0.2, 0.25) is 5.91 Å². The summed E-state index contributed by atoms with van der Waals surface area (Å²) in [5.74, 6) is -0.370. The van der Waals surface area contributed by atoms with Crippen LogP contribution in [0.25, 0.3) is 0 Å². The van der Waals surface area contributed by atoms with Gasteiger partial charge in [-0.25, -0.2) is 4.79 Å². The van der Waals surface area contributed by atoms with Crippen LogP contribution in [0.5, 0.6) is 0 Å². The highest BCUT2D eigenvalue weighted by molar-refractivity contribution is 7.19. The van der Waals surface area contributed by atoms with Crippen LogP contribution < -0.4 is 5.32 Å². The molecule has 1 aliphatic rings. The highest BCUT2D eigenvalue weighted by Gasteiger charge is 2.46. The Morgan fingerprint density at radius 3 is 2.72 bits per heavy atom. The van der Waals surface area contributed by atoms with Crippen LogP contribution in [-0.2, 0) is 27.8 Å². The molecule has 1 amide bonds. The smallest absolute Gasteiger partial charge is 0.341 e. The van der Waals surface area contributed by atoms with E-state index in [2.05, 4.69) is 25.9 Å². The SMILES string of the molecule is CCOC(=O)c1c(NC(C)=O)sc2c1CCC(CCc1nn[nH]n1)(c1ccccc1)C2=O. The second-order valence-corrected chi connectivity index (χ2v) is 8.64. The Labute approximate surface area is 188 Å². The number of H-pyrrole nitrogens is 1. The Balaban J connectivity index is 1.79. The molecule has 0 aliphatic heterocycles. The number of tetrazole rings is 1. The number of rotatable bonds is 7. The maximum absolute atomic E-state index is 14.0. The van der Waals surface area contributed by atoms with Gasteiger partial charge in [0.05, 0.1) is 22.5 Å². The van der Waals surface area contributed by atoms with Crippen LogP contribution >= 0.6 is 11.3 Å². The zero-order valence-electron chi connectivity index (χ0n) is 17.8. The number of nitrogens with zero attached hydrogens (tertiary/aromatic N) is 3. The van der Waals surface area contributed by atoms with Crippen molar-refractivity contribution in [1.82, 2.24) is 20.6 Å². The number of anilines is 1. The van der Waals surface area contributed by atoms with Gasteiger partial charge in [-0.1, -0.05) is 35.5 Å². The molecule has 0 saturated heterocycles. The first-order valence-corrected chi connectivity index (χ1v) is 11.2. The molecule has 1 atom stereocenters. The third-order valence-corrected chi connectivity index (χ3v) is 6.86. The summed E-state index contributed by atoms with van der Waals surface area (Å²) in [5.41, 5.74) is 1.05. The van der Waals surface area contributed by atoms with Crippen molar-refractivity contribution in [2.75, 3.05) is 11.9 Å². The molecule has 0 spiro atoms. The van der Waals surface area contributed by atoms with Crippen molar-refractivity contribution in [3.05, 3.63) is 57.7 Å². The van der Waals surface area contributed by atoms with Crippen LogP contribution in [0.4, 0.5) is 5.00 Å². The Kier molecular flexibility index (Phi) is 6.13. The largest absolute Gasteiger partial charge is 0.462 e. The van der Waals surface area contributed by atoms with Crippen molar-refractivity contribution in [2.24, 2.45) is 0 Å². The number of aromatic amines is 1. The van der Waals surface area contributed by atoms with E-state index in [-0.39, 0.29) is 23.9 Å². The molecule has 10 heteroatoms. The van der Waals surface area contributed by atoms with Gasteiger partial charge in [-0.2, -0.15) is 5.21 Å². The van der Waals surface area contributed by atoms with Gasteiger partial charge in [0, 0.05) is 13.3 Å². The molecule has 0 fully saturated rings. The molecule has 2 aromatic heterocycles. The van der Waals surface area contributed by atoms with Gasteiger partial charge in [-0.05, 0) is 37.3 Å². The zero-order valence-corrected chi connectivity index (χ0v) is 18.6. The lowest BCUT2D eigenvalue weighted by molar-refractivity contribution is -0.114. The van der Waals surface area contributed by atoms with Gasteiger partial charge in [0.15, 0.2) is 11.6 Å². The first-order valence-electron chi connectivity index (χ1n) is 10.4. The fourth-order valence-electron chi connectivity index (χ4n) is 4.25. The van der Waals surface area contributed by atoms with Gasteiger partial charge >= 0.3 is 5.97 Å². The number of ketones is 1. The van der Waals surface area contributed by atoms with Crippen molar-refractivity contribution in [1.29, 1.82) is 0 Å². The van der Waals surface area contributed by atoms with E-state index in [1.165, 1.54) is 6.92 Å². The summed E-state index contributed by atoms with van der Waals surface area (Å²) in [6.45, 7) is 3.29. The van der Waals surface area contributed by atoms with E-state index in [4.69, 9.17) is 4.74 Å². The number of thiophene rings is 1. The van der Waals surface area contributed by atoms with Crippen LogP contribution in [-0.4, -0.2) is 44.9 Å². The predicted octanol–water partition coefficient (Wildman–Crippen LogP) is 3.10. The van der Waals surface area contributed by atoms with Gasteiger partial charge in [0.1, 0.15) is 5.00 Å². The molecule has 166 valence electrons. The number of amides is 1. The summed E-state index contributed by atoms with van der Waals surface area (Å²) in [5, 5.41) is 17.2. The lowest BCUT2D eigenvalue weighted by Gasteiger charge is -2.36. The number of fused-ring (bicyclic) bond motifs is 1. The van der Waals surface area contributed by atoms with E-state index >= 15 is 0 Å². The van der Waals surface area contributed by atoms with Gasteiger partial charge in [0.25, 0.3) is 0 Å². The normalized spacial score (nSPS) is 17.6. The molecular weight excluding hydrogens is 430 g/mol. The minimum atomic E-state index is -0.792. The molecule has 0 saturated carbocycles. The van der Waals surface area contributed by atoms with Gasteiger partial charge in [-0.15, -0.1) is 21.5 Å². The number of nitrogens with one attached hydrogen (secondary N) is 2. The minimum absolute atomic E-state index is 0.0689. The Hall–Kier alpha value is -3.40. The molecule has 4 rings (SSSR count). The van der Waals surface area contributed by atoms with E-state index in [1.54, 1.807) is 6.92 Å². The molecule has 0 radical (unpaired) electrons. The van der Waals surface area contributed by atoms with Crippen LogP contribution in [0.2, 0.25) is 0 Å². The minimum Gasteiger partial charge on any atom is -0.462 e. The molecule has 1 unspecified atom stereocenters. The van der Waals surface area contributed by atoms with E-state index in [0.717, 1.165) is 16.9 Å². The molecule has 1 aromatic carbocycles. The fourth-order valence-corrected chi connectivity index (χ4v) is 5.58. The maximum Gasteiger partial charge on any atom is 0.341 e. The summed E-state index contributed by atoms with van der Waals surface area (Å²) in [4.78, 5) is 39.0. The van der Waals surface area contributed by atoms with Crippen LogP contribution in [0.1, 0.15) is 63.7 Å². The standard InChI is InChI=1S/C22H23N5O4S/c1-3-31-21(30)17-15-9-11-22(14-7-5-4-6-8-14,12-10-16-24-26-27-25-16)19(29)18(15)32-20(17)23-13(2)28/h4-8H,3,9-12H2,1-2H3,(H,23,28)(H,24,25,26,27). The van der Waals surface area contributed by atoms with Crippen molar-refractivity contribution < 1.29 is 19.1 Å². The third kappa shape index (κ3) is 3.93. The van der Waals surface area contributed by atoms with Crippen molar-refractivity contribution in [3.8, 4) is 0 Å². The van der Waals surface area contributed by atoms with Crippen LogP contribution in [0, 0.1) is 0 Å². The molecule has 32 heavy (non-hydrogen) atoms. The number of benzene rings is 1. The summed E-state index contributed by atoms with van der Waals surface area (Å²) >= 11 is 1.14. The summed E-state index contributed by atoms with van der Waals surface area (Å²) < 4.78 is 5.22. The number of carbonyl (C=O) groups excluding carboxylic acids is 3. The first kappa shape index (κ1) is 21.8. The zero-order chi connectivity index (χ0) is 22.7. The fraction of sp³-hybridized carbons (Fsp3) is 0.364. The molecule has 1 aliphatic carbocycles. The van der Waals surface area contributed by atoms with Crippen molar-refractivity contribution in [2.45, 2.75) is 44.9 Å². The van der Waals surface area contributed by atoms with Crippen LogP contribution in [0.15, 0.2) is 30.3 Å². The number of aromatic nitrogens is 4. The second-order valence-electron chi connectivity index (χ2n) is 7.62. The number of hydrogen-bond donors (Lipinski definition) is 2. The number of hydrogen-bond acceptors (Lipinski definition) is 8. The van der Waals surface area contributed by atoms with E-state index in [1.807, 2.05) is 30.3 Å². The maximum atomic E-state index is 14.0. The molecular formula is C22H23N5O4S.